The van der Waals surface area contributed by atoms with Crippen LogP contribution in [0.25, 0.3) is 0 Å². The number of benzene rings is 1. The Bertz CT molecular complexity index is 1100. The number of rotatable bonds is 9. The summed E-state index contributed by atoms with van der Waals surface area (Å²) in [6.45, 7) is 6.05. The van der Waals surface area contributed by atoms with E-state index in [0.29, 0.717) is 57.8 Å². The van der Waals surface area contributed by atoms with E-state index in [1.165, 1.54) is 16.6 Å². The summed E-state index contributed by atoms with van der Waals surface area (Å²) in [6.07, 6.45) is 2.54. The van der Waals surface area contributed by atoms with Crippen molar-refractivity contribution in [2.45, 2.75) is 31.6 Å². The first-order valence-corrected chi connectivity index (χ1v) is 13.0. The molecular weight excluding hydrogens is 456 g/mol. The maximum absolute atomic E-state index is 13.1. The number of hydrogen-bond acceptors (Lipinski definition) is 5. The number of hydrogen-bond donors (Lipinski definition) is 0. The van der Waals surface area contributed by atoms with Gasteiger partial charge in [-0.1, -0.05) is 26.0 Å². The lowest BCUT2D eigenvalue weighted by Crippen LogP contribution is -2.50. The van der Waals surface area contributed by atoms with Crippen LogP contribution in [0.4, 0.5) is 0 Å². The fraction of sp³-hybridized carbons (Fsp3) is 0.500. The van der Waals surface area contributed by atoms with E-state index < -0.39 is 10.0 Å². The number of methoxy groups -OCH3 is 1. The van der Waals surface area contributed by atoms with Gasteiger partial charge in [0.15, 0.2) is 0 Å². The molecule has 0 saturated carbocycles. The van der Waals surface area contributed by atoms with Crippen molar-refractivity contribution in [3.63, 3.8) is 0 Å². The highest BCUT2D eigenvalue weighted by atomic mass is 32.2. The van der Waals surface area contributed by atoms with Crippen molar-refractivity contribution in [3.8, 4) is 5.75 Å². The van der Waals surface area contributed by atoms with Crippen LogP contribution in [0.1, 0.15) is 36.3 Å². The maximum Gasteiger partial charge on any atom is 0.270 e. The third kappa shape index (κ3) is 5.61. The minimum absolute atomic E-state index is 0.0642. The van der Waals surface area contributed by atoms with Crippen molar-refractivity contribution in [2.75, 3.05) is 46.4 Å². The van der Waals surface area contributed by atoms with Gasteiger partial charge in [0.05, 0.1) is 7.11 Å². The lowest BCUT2D eigenvalue weighted by molar-refractivity contribution is -0.132. The smallest absolute Gasteiger partial charge is 0.270 e. The van der Waals surface area contributed by atoms with Gasteiger partial charge in [0.25, 0.3) is 5.91 Å². The molecule has 1 aliphatic rings. The molecule has 0 bridgehead atoms. The third-order valence-electron chi connectivity index (χ3n) is 6.25. The number of carbonyl (C=O) groups is 2. The second-order valence-electron chi connectivity index (χ2n) is 8.28. The Morgan fingerprint density at radius 1 is 1.00 bits per heavy atom. The Kier molecular flexibility index (Phi) is 8.37. The second kappa shape index (κ2) is 11.1. The first-order valence-electron chi connectivity index (χ1n) is 11.6. The molecule has 9 nitrogen and oxygen atoms in total. The first kappa shape index (κ1) is 25.8. The zero-order valence-electron chi connectivity index (χ0n) is 20.4. The fourth-order valence-corrected chi connectivity index (χ4v) is 5.65. The van der Waals surface area contributed by atoms with Gasteiger partial charge in [-0.05, 0) is 30.2 Å². The number of sulfonamides is 1. The minimum Gasteiger partial charge on any atom is -0.497 e. The molecule has 2 amide bonds. The van der Waals surface area contributed by atoms with Gasteiger partial charge in [-0.3, -0.25) is 9.59 Å². The zero-order valence-corrected chi connectivity index (χ0v) is 21.2. The summed E-state index contributed by atoms with van der Waals surface area (Å²) in [7, 11) is -0.346. The van der Waals surface area contributed by atoms with Crippen LogP contribution in [0, 0.1) is 0 Å². The Hall–Kier alpha value is -2.85. The van der Waals surface area contributed by atoms with Crippen LogP contribution in [-0.2, 0) is 28.3 Å². The maximum atomic E-state index is 13.1. The Labute approximate surface area is 201 Å². The number of amides is 2. The van der Waals surface area contributed by atoms with Gasteiger partial charge in [0.2, 0.25) is 15.9 Å². The second-order valence-corrected chi connectivity index (χ2v) is 10.2. The van der Waals surface area contributed by atoms with E-state index in [2.05, 4.69) is 0 Å². The van der Waals surface area contributed by atoms with Crippen molar-refractivity contribution in [1.29, 1.82) is 0 Å². The quantitative estimate of drug-likeness (QED) is 0.536. The van der Waals surface area contributed by atoms with E-state index in [-0.39, 0.29) is 16.7 Å². The summed E-state index contributed by atoms with van der Waals surface area (Å²) in [6, 6.07) is 9.12. The van der Waals surface area contributed by atoms with E-state index in [4.69, 9.17) is 4.74 Å². The van der Waals surface area contributed by atoms with Crippen LogP contribution in [-0.4, -0.2) is 85.3 Å². The molecule has 0 unspecified atom stereocenters. The first-order chi connectivity index (χ1) is 16.2. The number of aromatic nitrogens is 1. The molecule has 0 radical (unpaired) electrons. The number of nitrogens with zero attached hydrogens (tertiary/aromatic N) is 4. The normalized spacial score (nSPS) is 14.5. The largest absolute Gasteiger partial charge is 0.497 e. The molecule has 10 heteroatoms. The molecule has 1 aromatic carbocycles. The van der Waals surface area contributed by atoms with Crippen LogP contribution in [0.5, 0.6) is 5.75 Å². The van der Waals surface area contributed by atoms with Crippen molar-refractivity contribution in [2.24, 2.45) is 7.05 Å². The zero-order chi connectivity index (χ0) is 24.9. The Morgan fingerprint density at radius 3 is 2.15 bits per heavy atom. The van der Waals surface area contributed by atoms with E-state index in [0.717, 1.165) is 11.3 Å². The van der Waals surface area contributed by atoms with Crippen LogP contribution in [0.15, 0.2) is 41.4 Å². The number of carbonyl (C=O) groups excluding carboxylic acids is 2. The third-order valence-corrected chi connectivity index (χ3v) is 8.26. The standard InChI is InChI=1S/C24H34N4O5S/c1-5-28(6-2)34(31,32)21-17-22(25(3)18-21)24(30)27-15-13-26(14-16-27)23(29)12-9-19-7-10-20(33-4)11-8-19/h7-8,10-11,17-18H,5-6,9,12-16H2,1-4H3. The summed E-state index contributed by atoms with van der Waals surface area (Å²) in [5.41, 5.74) is 1.40. The van der Waals surface area contributed by atoms with E-state index >= 15 is 0 Å². The molecule has 1 aromatic heterocycles. The average Bonchev–Trinajstić information content (AvgIpc) is 3.25. The Balaban J connectivity index is 1.57. The number of aryl methyl sites for hydroxylation is 2. The lowest BCUT2D eigenvalue weighted by atomic mass is 10.1. The van der Waals surface area contributed by atoms with E-state index in [9.17, 15) is 18.0 Å². The molecule has 1 aliphatic heterocycles. The van der Waals surface area contributed by atoms with Gasteiger partial charge in [0.1, 0.15) is 16.3 Å². The number of ether oxygens (including phenoxy) is 1. The Morgan fingerprint density at radius 2 is 1.59 bits per heavy atom. The molecule has 0 N–H and O–H groups in total. The molecule has 186 valence electrons. The predicted octanol–water partition coefficient (Wildman–Crippen LogP) is 1.98. The molecule has 2 aromatic rings. The lowest BCUT2D eigenvalue weighted by Gasteiger charge is -2.35. The topological polar surface area (TPSA) is 92.2 Å². The molecule has 0 atom stereocenters. The monoisotopic (exact) mass is 490 g/mol. The van der Waals surface area contributed by atoms with Gasteiger partial charge in [-0.15, -0.1) is 0 Å². The molecule has 1 saturated heterocycles. The molecule has 2 heterocycles. The van der Waals surface area contributed by atoms with Crippen LogP contribution < -0.4 is 4.74 Å². The van der Waals surface area contributed by atoms with Gasteiger partial charge < -0.3 is 19.1 Å². The highest BCUT2D eigenvalue weighted by Gasteiger charge is 2.29. The SMILES string of the molecule is CCN(CC)S(=O)(=O)c1cc(C(=O)N2CCN(C(=O)CCc3ccc(OC)cc3)CC2)n(C)c1. The van der Waals surface area contributed by atoms with E-state index in [1.54, 1.807) is 42.4 Å². The van der Waals surface area contributed by atoms with Crippen LogP contribution in [0.2, 0.25) is 0 Å². The van der Waals surface area contributed by atoms with Gasteiger partial charge in [-0.25, -0.2) is 8.42 Å². The predicted molar refractivity (Wildman–Crippen MR) is 129 cm³/mol. The molecule has 1 fully saturated rings. The van der Waals surface area contributed by atoms with Crippen LogP contribution >= 0.6 is 0 Å². The van der Waals surface area contributed by atoms with Gasteiger partial charge in [0, 0.05) is 58.9 Å². The summed E-state index contributed by atoms with van der Waals surface area (Å²) in [5.74, 6) is 0.620. The van der Waals surface area contributed by atoms with E-state index in [1.807, 2.05) is 24.3 Å². The highest BCUT2D eigenvalue weighted by Crippen LogP contribution is 2.20. The summed E-state index contributed by atoms with van der Waals surface area (Å²) >= 11 is 0. The molecule has 0 aliphatic carbocycles. The van der Waals surface area contributed by atoms with Crippen molar-refractivity contribution >= 4 is 21.8 Å². The molecule has 0 spiro atoms. The summed E-state index contributed by atoms with van der Waals surface area (Å²) in [4.78, 5) is 29.3. The van der Waals surface area contributed by atoms with Crippen molar-refractivity contribution in [1.82, 2.24) is 18.7 Å². The summed E-state index contributed by atoms with van der Waals surface area (Å²) < 4.78 is 33.7. The van der Waals surface area contributed by atoms with Crippen molar-refractivity contribution < 1.29 is 22.7 Å². The van der Waals surface area contributed by atoms with Crippen molar-refractivity contribution in [3.05, 3.63) is 47.8 Å². The average molecular weight is 491 g/mol. The molecular formula is C24H34N4O5S. The number of piperazine rings is 1. The minimum atomic E-state index is -3.64. The molecule has 3 rings (SSSR count). The molecule has 34 heavy (non-hydrogen) atoms. The fourth-order valence-electron chi connectivity index (χ4n) is 4.12. The summed E-state index contributed by atoms with van der Waals surface area (Å²) in [5, 5.41) is 0. The van der Waals surface area contributed by atoms with Crippen LogP contribution in [0.3, 0.4) is 0 Å². The highest BCUT2D eigenvalue weighted by molar-refractivity contribution is 7.89. The van der Waals surface area contributed by atoms with Gasteiger partial charge >= 0.3 is 0 Å². The van der Waals surface area contributed by atoms with Gasteiger partial charge in [-0.2, -0.15) is 4.31 Å².